The Morgan fingerprint density at radius 2 is 1.10 bits per heavy atom. The monoisotopic (exact) mass is 568 g/mol. The Kier molecular flexibility index (Phi) is 18.0. The molecule has 230 valence electrons. The lowest BCUT2D eigenvalue weighted by Crippen LogP contribution is -2.37. The maximum absolute atomic E-state index is 11.0. The molecular formula is C36H56O5. The fourth-order valence-corrected chi connectivity index (χ4v) is 5.49. The van der Waals surface area contributed by atoms with E-state index in [1.54, 1.807) is 0 Å². The Balaban J connectivity index is 1.26. The van der Waals surface area contributed by atoms with E-state index in [-0.39, 0.29) is 6.10 Å². The molecule has 4 atom stereocenters. The fourth-order valence-electron chi connectivity index (χ4n) is 5.49. The van der Waals surface area contributed by atoms with Crippen LogP contribution in [-0.4, -0.2) is 42.9 Å². The number of benzene rings is 2. The quantitative estimate of drug-likeness (QED) is 0.128. The molecule has 1 N–H and O–H groups in total. The van der Waals surface area contributed by atoms with Crippen molar-refractivity contribution in [2.75, 3.05) is 13.2 Å². The molecule has 0 saturated carbocycles. The van der Waals surface area contributed by atoms with E-state index in [1.807, 2.05) is 60.7 Å². The lowest BCUT2D eigenvalue weighted by Gasteiger charge is -2.21. The first-order valence-corrected chi connectivity index (χ1v) is 16.5. The van der Waals surface area contributed by atoms with E-state index in [9.17, 15) is 5.11 Å². The molecule has 5 heteroatoms. The van der Waals surface area contributed by atoms with Gasteiger partial charge in [-0.15, -0.1) is 0 Å². The number of ether oxygens (including phenoxy) is 4. The van der Waals surface area contributed by atoms with Crippen LogP contribution in [0.3, 0.4) is 0 Å². The largest absolute Gasteiger partial charge is 0.385 e. The summed E-state index contributed by atoms with van der Waals surface area (Å²) in [7, 11) is 0. The predicted molar refractivity (Wildman–Crippen MR) is 167 cm³/mol. The van der Waals surface area contributed by atoms with E-state index in [0.717, 1.165) is 24.0 Å². The van der Waals surface area contributed by atoms with Gasteiger partial charge in [-0.2, -0.15) is 0 Å². The van der Waals surface area contributed by atoms with Gasteiger partial charge in [-0.1, -0.05) is 157 Å². The minimum Gasteiger partial charge on any atom is -0.385 e. The van der Waals surface area contributed by atoms with Gasteiger partial charge in [-0.05, 0) is 17.5 Å². The summed E-state index contributed by atoms with van der Waals surface area (Å²) in [6.07, 6.45) is 17.6. The normalized spacial score (nSPS) is 20.5. The van der Waals surface area contributed by atoms with Crippen molar-refractivity contribution in [3.8, 4) is 0 Å². The zero-order valence-corrected chi connectivity index (χ0v) is 25.6. The Morgan fingerprint density at radius 1 is 0.610 bits per heavy atom. The number of rotatable bonds is 24. The molecule has 0 aromatic heterocycles. The van der Waals surface area contributed by atoms with Crippen LogP contribution in [0.25, 0.3) is 0 Å². The summed E-state index contributed by atoms with van der Waals surface area (Å²) in [6, 6.07) is 20.1. The molecule has 0 unspecified atom stereocenters. The van der Waals surface area contributed by atoms with E-state index >= 15 is 0 Å². The summed E-state index contributed by atoms with van der Waals surface area (Å²) in [5, 5.41) is 11.0. The van der Waals surface area contributed by atoms with Crippen LogP contribution in [0.15, 0.2) is 60.7 Å². The van der Waals surface area contributed by atoms with E-state index in [0.29, 0.717) is 26.4 Å². The molecule has 2 aromatic rings. The van der Waals surface area contributed by atoms with Crippen LogP contribution in [0.5, 0.6) is 0 Å². The highest BCUT2D eigenvalue weighted by Crippen LogP contribution is 2.27. The van der Waals surface area contributed by atoms with Crippen LogP contribution in [0.2, 0.25) is 0 Å². The number of hydrogen-bond acceptors (Lipinski definition) is 5. The van der Waals surface area contributed by atoms with E-state index < -0.39 is 18.5 Å². The smallest absolute Gasteiger partial charge is 0.186 e. The van der Waals surface area contributed by atoms with Gasteiger partial charge in [0.2, 0.25) is 0 Å². The van der Waals surface area contributed by atoms with Gasteiger partial charge in [0.25, 0.3) is 0 Å². The van der Waals surface area contributed by atoms with Gasteiger partial charge < -0.3 is 24.1 Å². The Hall–Kier alpha value is -1.76. The van der Waals surface area contributed by atoms with Crippen molar-refractivity contribution in [2.24, 2.45) is 0 Å². The standard InChI is InChI=1S/C36H56O5/c1-2-3-4-5-6-7-8-9-10-11-12-13-14-15-22-27-39-36-34(37)35(40-29-32-25-20-17-21-26-32)33(41-36)30-38-28-31-23-18-16-19-24-31/h16-21,23-26,33-37H,2-15,22,27-30H2,1H3/t33-,34-,35-,36-/m1/s1. The predicted octanol–water partition coefficient (Wildman–Crippen LogP) is 8.76. The zero-order chi connectivity index (χ0) is 28.8. The minimum absolute atomic E-state index is 0.338. The maximum atomic E-state index is 11.0. The summed E-state index contributed by atoms with van der Waals surface area (Å²) in [5.74, 6) is 0. The Morgan fingerprint density at radius 3 is 1.63 bits per heavy atom. The zero-order valence-electron chi connectivity index (χ0n) is 25.6. The molecule has 0 amide bonds. The topological polar surface area (TPSA) is 57.2 Å². The molecule has 1 heterocycles. The highest BCUT2D eigenvalue weighted by Gasteiger charge is 2.45. The number of aliphatic hydroxyl groups excluding tert-OH is 1. The third-order valence-electron chi connectivity index (χ3n) is 8.00. The minimum atomic E-state index is -0.847. The van der Waals surface area contributed by atoms with Crippen molar-refractivity contribution in [3.05, 3.63) is 71.8 Å². The average Bonchev–Trinajstić information content (AvgIpc) is 3.30. The molecular weight excluding hydrogens is 512 g/mol. The van der Waals surface area contributed by atoms with Crippen LogP contribution in [0.4, 0.5) is 0 Å². The third-order valence-corrected chi connectivity index (χ3v) is 8.00. The number of unbranched alkanes of at least 4 members (excludes halogenated alkanes) is 14. The summed E-state index contributed by atoms with van der Waals surface area (Å²) in [5.41, 5.74) is 2.17. The number of aliphatic hydroxyl groups is 1. The van der Waals surface area contributed by atoms with Crippen molar-refractivity contribution in [1.29, 1.82) is 0 Å². The van der Waals surface area contributed by atoms with Crippen molar-refractivity contribution >= 4 is 0 Å². The van der Waals surface area contributed by atoms with Crippen LogP contribution < -0.4 is 0 Å². The first kappa shape index (κ1) is 33.7. The van der Waals surface area contributed by atoms with Crippen molar-refractivity contribution in [3.63, 3.8) is 0 Å². The Labute approximate surface area is 249 Å². The lowest BCUT2D eigenvalue weighted by molar-refractivity contribution is -0.172. The van der Waals surface area contributed by atoms with E-state index in [4.69, 9.17) is 18.9 Å². The van der Waals surface area contributed by atoms with Crippen molar-refractivity contribution in [2.45, 2.75) is 141 Å². The molecule has 1 fully saturated rings. The van der Waals surface area contributed by atoms with E-state index in [2.05, 4.69) is 6.92 Å². The summed E-state index contributed by atoms with van der Waals surface area (Å²) < 4.78 is 24.2. The Bertz CT molecular complexity index is 861. The fraction of sp³-hybridized carbons (Fsp3) is 0.667. The average molecular weight is 569 g/mol. The van der Waals surface area contributed by atoms with Gasteiger partial charge in [0.1, 0.15) is 18.3 Å². The summed E-state index contributed by atoms with van der Waals surface area (Å²) in [6.45, 7) is 4.11. The second kappa shape index (κ2) is 21.9. The van der Waals surface area contributed by atoms with Crippen LogP contribution in [0.1, 0.15) is 114 Å². The molecule has 1 saturated heterocycles. The molecule has 0 bridgehead atoms. The first-order chi connectivity index (χ1) is 20.3. The van der Waals surface area contributed by atoms with Crippen molar-refractivity contribution < 1.29 is 24.1 Å². The molecule has 41 heavy (non-hydrogen) atoms. The van der Waals surface area contributed by atoms with Gasteiger partial charge in [0, 0.05) is 6.61 Å². The van der Waals surface area contributed by atoms with Gasteiger partial charge in [-0.25, -0.2) is 0 Å². The highest BCUT2D eigenvalue weighted by molar-refractivity contribution is 5.14. The highest BCUT2D eigenvalue weighted by atomic mass is 16.7. The van der Waals surface area contributed by atoms with Gasteiger partial charge in [0.15, 0.2) is 6.29 Å². The SMILES string of the molecule is CCCCCCCCCCCCCCCCCO[C@@H]1O[C@H](COCc2ccccc2)[C@@H](OCc2ccccc2)[C@H]1O. The maximum Gasteiger partial charge on any atom is 0.186 e. The lowest BCUT2D eigenvalue weighted by atomic mass is 10.0. The molecule has 1 aliphatic rings. The molecule has 5 nitrogen and oxygen atoms in total. The number of hydrogen-bond donors (Lipinski definition) is 1. The van der Waals surface area contributed by atoms with E-state index in [1.165, 1.54) is 83.5 Å². The molecule has 2 aromatic carbocycles. The second-order valence-corrected chi connectivity index (χ2v) is 11.6. The summed E-state index contributed by atoms with van der Waals surface area (Å²) >= 11 is 0. The van der Waals surface area contributed by atoms with Crippen LogP contribution >= 0.6 is 0 Å². The van der Waals surface area contributed by atoms with Crippen LogP contribution in [-0.2, 0) is 32.2 Å². The molecule has 0 spiro atoms. The summed E-state index contributed by atoms with van der Waals surface area (Å²) in [4.78, 5) is 0. The van der Waals surface area contributed by atoms with Gasteiger partial charge in [0.05, 0.1) is 19.8 Å². The first-order valence-electron chi connectivity index (χ1n) is 16.5. The second-order valence-electron chi connectivity index (χ2n) is 11.6. The van der Waals surface area contributed by atoms with Crippen molar-refractivity contribution in [1.82, 2.24) is 0 Å². The van der Waals surface area contributed by atoms with Gasteiger partial charge >= 0.3 is 0 Å². The van der Waals surface area contributed by atoms with Gasteiger partial charge in [-0.3, -0.25) is 0 Å². The molecule has 3 rings (SSSR count). The molecule has 0 aliphatic carbocycles. The molecule has 1 aliphatic heterocycles. The third kappa shape index (κ3) is 14.3. The van der Waals surface area contributed by atoms with Crippen LogP contribution in [0, 0.1) is 0 Å². The molecule has 0 radical (unpaired) electrons.